The van der Waals surface area contributed by atoms with E-state index >= 15 is 0 Å². The van der Waals surface area contributed by atoms with E-state index in [2.05, 4.69) is 37.2 Å². The van der Waals surface area contributed by atoms with E-state index in [0.29, 0.717) is 24.9 Å². The lowest BCUT2D eigenvalue weighted by Gasteiger charge is -2.33. The summed E-state index contributed by atoms with van der Waals surface area (Å²) >= 11 is 1.71. The molecule has 27 heavy (non-hydrogen) atoms. The summed E-state index contributed by atoms with van der Waals surface area (Å²) in [5.41, 5.74) is 1.17. The quantitative estimate of drug-likeness (QED) is 0.619. The second kappa shape index (κ2) is 8.60. The summed E-state index contributed by atoms with van der Waals surface area (Å²) in [5, 5.41) is 7.30. The molecule has 0 atom stereocenters. The number of nitrogens with zero attached hydrogens (tertiary/aromatic N) is 5. The highest BCUT2D eigenvalue weighted by Crippen LogP contribution is 2.14. The van der Waals surface area contributed by atoms with E-state index in [0.717, 1.165) is 43.5 Å². The maximum absolute atomic E-state index is 5.66. The van der Waals surface area contributed by atoms with Crippen LogP contribution < -0.4 is 4.74 Å². The summed E-state index contributed by atoms with van der Waals surface area (Å²) in [4.78, 5) is 13.8. The number of rotatable bonds is 7. The molecular formula is C19H23N5O2S. The second-order valence-corrected chi connectivity index (χ2v) is 7.68. The monoisotopic (exact) mass is 385 g/mol. The van der Waals surface area contributed by atoms with Crippen molar-refractivity contribution in [3.8, 4) is 5.75 Å². The topological polar surface area (TPSA) is 67.5 Å². The molecule has 0 aliphatic carbocycles. The van der Waals surface area contributed by atoms with Gasteiger partial charge in [0.1, 0.15) is 5.75 Å². The van der Waals surface area contributed by atoms with Gasteiger partial charge in [-0.2, -0.15) is 4.98 Å². The molecule has 8 heteroatoms. The van der Waals surface area contributed by atoms with Gasteiger partial charge in [0, 0.05) is 38.1 Å². The third-order valence-electron chi connectivity index (χ3n) is 4.50. The van der Waals surface area contributed by atoms with Crippen LogP contribution in [0.5, 0.6) is 5.75 Å². The molecule has 1 aromatic carbocycles. The van der Waals surface area contributed by atoms with E-state index in [1.54, 1.807) is 11.3 Å². The first-order valence-electron chi connectivity index (χ1n) is 9.09. The lowest BCUT2D eigenvalue weighted by Crippen LogP contribution is -2.45. The summed E-state index contributed by atoms with van der Waals surface area (Å²) in [6, 6.07) is 9.65. The van der Waals surface area contributed by atoms with Crippen molar-refractivity contribution < 1.29 is 9.26 Å². The van der Waals surface area contributed by atoms with E-state index in [1.807, 2.05) is 30.3 Å². The number of benzene rings is 1. The molecule has 2 aromatic heterocycles. The Kier molecular flexibility index (Phi) is 5.76. The molecule has 4 rings (SSSR count). The van der Waals surface area contributed by atoms with Gasteiger partial charge in [-0.1, -0.05) is 23.4 Å². The molecular weight excluding hydrogens is 362 g/mol. The molecule has 0 radical (unpaired) electrons. The molecule has 7 nitrogen and oxygen atoms in total. The van der Waals surface area contributed by atoms with E-state index in [1.165, 1.54) is 5.69 Å². The van der Waals surface area contributed by atoms with Crippen molar-refractivity contribution in [2.45, 2.75) is 26.6 Å². The average Bonchev–Trinajstić information content (AvgIpc) is 3.31. The van der Waals surface area contributed by atoms with Gasteiger partial charge in [-0.15, -0.1) is 11.3 Å². The first-order valence-corrected chi connectivity index (χ1v) is 9.97. The van der Waals surface area contributed by atoms with Crippen molar-refractivity contribution in [3.05, 3.63) is 58.1 Å². The van der Waals surface area contributed by atoms with Gasteiger partial charge in [-0.25, -0.2) is 4.98 Å². The van der Waals surface area contributed by atoms with Gasteiger partial charge < -0.3 is 9.26 Å². The Labute approximate surface area is 162 Å². The van der Waals surface area contributed by atoms with Crippen LogP contribution in [0.3, 0.4) is 0 Å². The molecule has 1 aliphatic rings. The van der Waals surface area contributed by atoms with Crippen molar-refractivity contribution in [1.29, 1.82) is 0 Å². The highest BCUT2D eigenvalue weighted by molar-refractivity contribution is 7.09. The normalized spacial score (nSPS) is 15.9. The Morgan fingerprint density at radius 3 is 2.48 bits per heavy atom. The fraction of sp³-hybridized carbons (Fsp3) is 0.421. The molecule has 0 N–H and O–H groups in total. The van der Waals surface area contributed by atoms with Gasteiger partial charge in [0.15, 0.2) is 6.61 Å². The summed E-state index contributed by atoms with van der Waals surface area (Å²) < 4.78 is 11.0. The molecule has 0 spiro atoms. The summed E-state index contributed by atoms with van der Waals surface area (Å²) in [6.07, 6.45) is 0. The number of piperazine rings is 1. The van der Waals surface area contributed by atoms with Crippen LogP contribution in [-0.4, -0.2) is 51.1 Å². The van der Waals surface area contributed by atoms with Gasteiger partial charge in [-0.05, 0) is 19.1 Å². The van der Waals surface area contributed by atoms with Crippen LogP contribution in [0.1, 0.15) is 22.4 Å². The SMILES string of the molecule is Cc1nc(CN2CCN(Cc3nc(COc4ccccc4)no3)CC2)cs1. The minimum atomic E-state index is 0.314. The molecule has 142 valence electrons. The van der Waals surface area contributed by atoms with E-state index < -0.39 is 0 Å². The van der Waals surface area contributed by atoms with Crippen molar-refractivity contribution in [2.75, 3.05) is 26.2 Å². The Hall–Kier alpha value is -2.29. The highest BCUT2D eigenvalue weighted by atomic mass is 32.1. The van der Waals surface area contributed by atoms with Crippen molar-refractivity contribution in [3.63, 3.8) is 0 Å². The number of thiazole rings is 1. The molecule has 0 amide bonds. The maximum Gasteiger partial charge on any atom is 0.240 e. The summed E-state index contributed by atoms with van der Waals surface area (Å²) in [6.45, 7) is 8.00. The lowest BCUT2D eigenvalue weighted by molar-refractivity contribution is 0.111. The molecule has 3 heterocycles. The Bertz CT molecular complexity index is 843. The van der Waals surface area contributed by atoms with Crippen molar-refractivity contribution in [2.24, 2.45) is 0 Å². The number of aryl methyl sites for hydroxylation is 1. The van der Waals surface area contributed by atoms with Crippen LogP contribution in [0.4, 0.5) is 0 Å². The second-order valence-electron chi connectivity index (χ2n) is 6.62. The maximum atomic E-state index is 5.66. The van der Waals surface area contributed by atoms with Crippen LogP contribution in [0.15, 0.2) is 40.2 Å². The van der Waals surface area contributed by atoms with Crippen molar-refractivity contribution in [1.82, 2.24) is 24.9 Å². The Morgan fingerprint density at radius 2 is 1.78 bits per heavy atom. The fourth-order valence-electron chi connectivity index (χ4n) is 3.08. The lowest BCUT2D eigenvalue weighted by atomic mass is 10.3. The molecule has 3 aromatic rings. The zero-order valence-corrected chi connectivity index (χ0v) is 16.2. The van der Waals surface area contributed by atoms with Gasteiger partial charge in [0.05, 0.1) is 17.2 Å². The van der Waals surface area contributed by atoms with E-state index in [9.17, 15) is 0 Å². The van der Waals surface area contributed by atoms with Crippen molar-refractivity contribution >= 4 is 11.3 Å². The summed E-state index contributed by atoms with van der Waals surface area (Å²) in [5.74, 6) is 2.02. The Morgan fingerprint density at radius 1 is 1.04 bits per heavy atom. The van der Waals surface area contributed by atoms with Gasteiger partial charge in [0.2, 0.25) is 11.7 Å². The molecule has 0 saturated carbocycles. The Balaban J connectivity index is 1.22. The highest BCUT2D eigenvalue weighted by Gasteiger charge is 2.20. The van der Waals surface area contributed by atoms with Gasteiger partial charge in [0.25, 0.3) is 0 Å². The fourth-order valence-corrected chi connectivity index (χ4v) is 3.69. The number of aromatic nitrogens is 3. The zero-order valence-electron chi connectivity index (χ0n) is 15.4. The van der Waals surface area contributed by atoms with Gasteiger partial charge in [-0.3, -0.25) is 9.80 Å². The van der Waals surface area contributed by atoms with Crippen LogP contribution in [0.2, 0.25) is 0 Å². The number of para-hydroxylation sites is 1. The predicted molar refractivity (Wildman–Crippen MR) is 102 cm³/mol. The number of hydrogen-bond donors (Lipinski definition) is 0. The third kappa shape index (κ3) is 5.12. The predicted octanol–water partition coefficient (Wildman–Crippen LogP) is 2.73. The van der Waals surface area contributed by atoms with Crippen LogP contribution >= 0.6 is 11.3 Å². The molecule has 0 unspecified atom stereocenters. The molecule has 0 bridgehead atoms. The summed E-state index contributed by atoms with van der Waals surface area (Å²) in [7, 11) is 0. The molecule has 1 aliphatic heterocycles. The van der Waals surface area contributed by atoms with Crippen LogP contribution in [-0.2, 0) is 19.7 Å². The number of ether oxygens (including phenoxy) is 1. The first kappa shape index (κ1) is 18.1. The first-order chi connectivity index (χ1) is 13.2. The van der Waals surface area contributed by atoms with E-state index in [4.69, 9.17) is 9.26 Å². The standard InChI is InChI=1S/C19H23N5O2S/c1-15-20-16(14-27-15)11-23-7-9-24(10-8-23)12-19-21-18(22-26-19)13-25-17-5-3-2-4-6-17/h2-6,14H,7-13H2,1H3. The largest absolute Gasteiger partial charge is 0.485 e. The van der Waals surface area contributed by atoms with Crippen LogP contribution in [0, 0.1) is 6.92 Å². The smallest absolute Gasteiger partial charge is 0.240 e. The molecule has 1 saturated heterocycles. The van der Waals surface area contributed by atoms with Gasteiger partial charge >= 0.3 is 0 Å². The zero-order chi connectivity index (χ0) is 18.5. The van der Waals surface area contributed by atoms with E-state index in [-0.39, 0.29) is 0 Å². The third-order valence-corrected chi connectivity index (χ3v) is 5.32. The number of hydrogen-bond acceptors (Lipinski definition) is 8. The minimum absolute atomic E-state index is 0.314. The van der Waals surface area contributed by atoms with Crippen LogP contribution in [0.25, 0.3) is 0 Å². The molecule has 1 fully saturated rings. The minimum Gasteiger partial charge on any atom is -0.485 e. The average molecular weight is 385 g/mol.